The Balaban J connectivity index is 2.20. The first kappa shape index (κ1) is 14.3. The van der Waals surface area contributed by atoms with Crippen molar-refractivity contribution in [3.63, 3.8) is 0 Å². The average Bonchev–Trinajstić information content (AvgIpc) is 3.13. The quantitative estimate of drug-likeness (QED) is 0.711. The minimum Gasteiger partial charge on any atom is -0.462 e. The Morgan fingerprint density at radius 1 is 1.14 bits per heavy atom. The summed E-state index contributed by atoms with van der Waals surface area (Å²) in [6.45, 7) is 0. The largest absolute Gasteiger partial charge is 0.462 e. The Morgan fingerprint density at radius 2 is 1.86 bits per heavy atom. The zero-order valence-electron chi connectivity index (χ0n) is 11.0. The van der Waals surface area contributed by atoms with Gasteiger partial charge in [0.15, 0.2) is 17.2 Å². The van der Waals surface area contributed by atoms with Gasteiger partial charge in [-0.3, -0.25) is 4.57 Å². The molecule has 0 saturated carbocycles. The molecule has 8 heteroatoms. The normalized spacial score (nSPS) is 11.3. The monoisotopic (exact) mass is 316 g/mol. The van der Waals surface area contributed by atoms with Gasteiger partial charge in [-0.2, -0.15) is 5.26 Å². The van der Waals surface area contributed by atoms with E-state index in [0.29, 0.717) is 5.56 Å². The first-order valence-corrected chi connectivity index (χ1v) is 7.72. The van der Waals surface area contributed by atoms with Crippen LogP contribution in [0, 0.1) is 11.3 Å². The molecule has 3 rings (SSSR count). The summed E-state index contributed by atoms with van der Waals surface area (Å²) < 4.78 is 21.7. The SMILES string of the molecule is N#Cc1c(-c2occc2P(=O)(O)O)noc1-c1ccccc1. The van der Waals surface area contributed by atoms with Crippen molar-refractivity contribution in [3.05, 3.63) is 48.2 Å². The van der Waals surface area contributed by atoms with Crippen LogP contribution in [0.3, 0.4) is 0 Å². The lowest BCUT2D eigenvalue weighted by Crippen LogP contribution is -2.04. The molecule has 3 aromatic rings. The summed E-state index contributed by atoms with van der Waals surface area (Å²) in [4.78, 5) is 18.6. The van der Waals surface area contributed by atoms with Crippen LogP contribution in [0.2, 0.25) is 0 Å². The van der Waals surface area contributed by atoms with Crippen molar-refractivity contribution < 1.29 is 23.3 Å². The lowest BCUT2D eigenvalue weighted by Gasteiger charge is -2.01. The van der Waals surface area contributed by atoms with Crippen molar-refractivity contribution in [2.45, 2.75) is 0 Å². The summed E-state index contributed by atoms with van der Waals surface area (Å²) in [6.07, 6.45) is 1.13. The van der Waals surface area contributed by atoms with E-state index in [1.807, 2.05) is 12.1 Å². The molecule has 0 atom stereocenters. The molecule has 0 saturated heterocycles. The second-order valence-corrected chi connectivity index (χ2v) is 5.96. The molecule has 2 heterocycles. The Kier molecular flexibility index (Phi) is 3.43. The number of hydrogen-bond acceptors (Lipinski definition) is 5. The highest BCUT2D eigenvalue weighted by molar-refractivity contribution is 7.60. The van der Waals surface area contributed by atoms with E-state index in [2.05, 4.69) is 5.16 Å². The maximum Gasteiger partial charge on any atom is 0.360 e. The molecule has 1 aromatic carbocycles. The first-order chi connectivity index (χ1) is 10.5. The van der Waals surface area contributed by atoms with E-state index in [1.165, 1.54) is 0 Å². The van der Waals surface area contributed by atoms with E-state index >= 15 is 0 Å². The number of nitrogens with zero attached hydrogens (tertiary/aromatic N) is 2. The Labute approximate surface area is 124 Å². The highest BCUT2D eigenvalue weighted by Crippen LogP contribution is 2.40. The predicted octanol–water partition coefficient (Wildman–Crippen LogP) is 2.28. The first-order valence-electron chi connectivity index (χ1n) is 6.11. The fraction of sp³-hybridized carbons (Fsp3) is 0. The standard InChI is InChI=1S/C14H9N2O5P/c15-8-10-12(14-11(6-7-20-14)22(17,18)19)16-21-13(10)9-4-2-1-3-5-9/h1-7H,(H2,17,18,19). The topological polar surface area (TPSA) is 120 Å². The molecule has 0 spiro atoms. The van der Waals surface area contributed by atoms with Gasteiger partial charge in [0.1, 0.15) is 16.9 Å². The van der Waals surface area contributed by atoms with Gasteiger partial charge in [-0.1, -0.05) is 35.5 Å². The van der Waals surface area contributed by atoms with Crippen molar-refractivity contribution in [2.24, 2.45) is 0 Å². The third-order valence-corrected chi connectivity index (χ3v) is 3.99. The molecular weight excluding hydrogens is 307 g/mol. The Hall–Kier alpha value is -2.65. The third kappa shape index (κ3) is 2.36. The highest BCUT2D eigenvalue weighted by Gasteiger charge is 2.30. The molecule has 0 unspecified atom stereocenters. The molecule has 0 fully saturated rings. The highest BCUT2D eigenvalue weighted by atomic mass is 31.2. The van der Waals surface area contributed by atoms with Gasteiger partial charge in [0.05, 0.1) is 6.26 Å². The van der Waals surface area contributed by atoms with Crippen LogP contribution in [0.5, 0.6) is 0 Å². The fourth-order valence-electron chi connectivity index (χ4n) is 2.04. The minimum absolute atomic E-state index is 0.0373. The van der Waals surface area contributed by atoms with Gasteiger partial charge >= 0.3 is 7.60 Å². The second kappa shape index (κ2) is 5.28. The molecule has 110 valence electrons. The van der Waals surface area contributed by atoms with Crippen LogP contribution in [0.15, 0.2) is 51.6 Å². The van der Waals surface area contributed by atoms with Crippen molar-refractivity contribution in [2.75, 3.05) is 0 Å². The molecule has 0 radical (unpaired) electrons. The molecule has 0 bridgehead atoms. The molecule has 0 aliphatic carbocycles. The minimum atomic E-state index is -4.55. The smallest absolute Gasteiger partial charge is 0.360 e. The van der Waals surface area contributed by atoms with Crippen molar-refractivity contribution in [1.29, 1.82) is 5.26 Å². The van der Waals surface area contributed by atoms with Crippen molar-refractivity contribution >= 4 is 12.9 Å². The molecule has 22 heavy (non-hydrogen) atoms. The van der Waals surface area contributed by atoms with Crippen LogP contribution in [0.1, 0.15) is 5.56 Å². The molecular formula is C14H9N2O5P. The molecule has 0 aliphatic rings. The van der Waals surface area contributed by atoms with Crippen LogP contribution < -0.4 is 5.30 Å². The summed E-state index contributed by atoms with van der Waals surface area (Å²) >= 11 is 0. The molecule has 0 aliphatic heterocycles. The maximum atomic E-state index is 11.5. The zero-order valence-corrected chi connectivity index (χ0v) is 11.9. The Bertz CT molecular complexity index is 901. The van der Waals surface area contributed by atoms with E-state index in [0.717, 1.165) is 12.3 Å². The predicted molar refractivity (Wildman–Crippen MR) is 76.0 cm³/mol. The van der Waals surface area contributed by atoms with Crippen LogP contribution in [0.4, 0.5) is 0 Å². The van der Waals surface area contributed by atoms with Gasteiger partial charge in [-0.25, -0.2) is 0 Å². The summed E-state index contributed by atoms with van der Waals surface area (Å²) in [7, 11) is -4.55. The van der Waals surface area contributed by atoms with E-state index in [-0.39, 0.29) is 28.1 Å². The average molecular weight is 316 g/mol. The van der Waals surface area contributed by atoms with Gasteiger partial charge in [0.2, 0.25) is 0 Å². The number of nitriles is 1. The summed E-state index contributed by atoms with van der Waals surface area (Å²) in [6, 6.07) is 11.9. The van der Waals surface area contributed by atoms with Gasteiger partial charge in [0, 0.05) is 5.56 Å². The van der Waals surface area contributed by atoms with Gasteiger partial charge < -0.3 is 18.7 Å². The fourth-order valence-corrected chi connectivity index (χ4v) is 2.72. The van der Waals surface area contributed by atoms with E-state index in [1.54, 1.807) is 24.3 Å². The zero-order chi connectivity index (χ0) is 15.7. The number of hydrogen-bond donors (Lipinski definition) is 2. The number of benzene rings is 1. The summed E-state index contributed by atoms with van der Waals surface area (Å²) in [5.41, 5.74) is 0.641. The van der Waals surface area contributed by atoms with Crippen LogP contribution in [-0.4, -0.2) is 14.9 Å². The lowest BCUT2D eigenvalue weighted by molar-refractivity contribution is 0.387. The van der Waals surface area contributed by atoms with Crippen molar-refractivity contribution in [1.82, 2.24) is 5.16 Å². The Morgan fingerprint density at radius 3 is 2.50 bits per heavy atom. The molecule has 7 nitrogen and oxygen atoms in total. The van der Waals surface area contributed by atoms with Crippen LogP contribution >= 0.6 is 7.60 Å². The lowest BCUT2D eigenvalue weighted by atomic mass is 10.1. The van der Waals surface area contributed by atoms with E-state index < -0.39 is 7.60 Å². The molecule has 2 aromatic heterocycles. The summed E-state index contributed by atoms with van der Waals surface area (Å²) in [5, 5.41) is 12.8. The maximum absolute atomic E-state index is 11.5. The third-order valence-electron chi connectivity index (χ3n) is 3.01. The van der Waals surface area contributed by atoms with Gasteiger partial charge in [-0.05, 0) is 6.07 Å². The van der Waals surface area contributed by atoms with Crippen LogP contribution in [0.25, 0.3) is 22.8 Å². The number of aromatic nitrogens is 1. The van der Waals surface area contributed by atoms with Gasteiger partial charge in [0.25, 0.3) is 0 Å². The second-order valence-electron chi connectivity index (χ2n) is 4.39. The number of rotatable bonds is 3. The van der Waals surface area contributed by atoms with E-state index in [4.69, 9.17) is 8.94 Å². The molecule has 0 amide bonds. The summed E-state index contributed by atoms with van der Waals surface area (Å²) in [5.74, 6) is 0.0435. The number of furan rings is 1. The molecule has 2 N–H and O–H groups in total. The van der Waals surface area contributed by atoms with Gasteiger partial charge in [-0.15, -0.1) is 0 Å². The van der Waals surface area contributed by atoms with Crippen molar-refractivity contribution in [3.8, 4) is 28.8 Å². The van der Waals surface area contributed by atoms with E-state index in [9.17, 15) is 19.6 Å². The van der Waals surface area contributed by atoms with Crippen LogP contribution in [-0.2, 0) is 4.57 Å².